The van der Waals surface area contributed by atoms with Gasteiger partial charge in [0.25, 0.3) is 0 Å². The van der Waals surface area contributed by atoms with Gasteiger partial charge in [-0.1, -0.05) is 6.92 Å². The number of aliphatic hydroxyl groups is 2. The van der Waals surface area contributed by atoms with Crippen LogP contribution in [0.2, 0.25) is 0 Å². The quantitative estimate of drug-likeness (QED) is 0.511. The van der Waals surface area contributed by atoms with Gasteiger partial charge >= 0.3 is 7.82 Å². The van der Waals surface area contributed by atoms with E-state index in [-0.39, 0.29) is 6.61 Å². The fraction of sp³-hybridized carbons (Fsp3) is 1.00. The van der Waals surface area contributed by atoms with E-state index in [1.54, 1.807) is 6.92 Å². The third-order valence-electron chi connectivity index (χ3n) is 1.15. The van der Waals surface area contributed by atoms with E-state index in [0.717, 1.165) is 0 Å². The summed E-state index contributed by atoms with van der Waals surface area (Å²) in [5, 5.41) is 17.1. The van der Waals surface area contributed by atoms with E-state index < -0.39 is 27.1 Å². The SMILES string of the molecule is CCCOP(=O)(O)OC(CO)CO. The molecule has 80 valence electrons. The molecule has 0 heterocycles. The minimum Gasteiger partial charge on any atom is -0.394 e. The molecule has 0 saturated carbocycles. The summed E-state index contributed by atoms with van der Waals surface area (Å²) in [6.07, 6.45) is -0.496. The number of phosphoric acid groups is 1. The third kappa shape index (κ3) is 6.15. The molecular formula is C6H15O6P. The summed E-state index contributed by atoms with van der Waals surface area (Å²) >= 11 is 0. The average molecular weight is 214 g/mol. The number of phosphoric ester groups is 1. The highest BCUT2D eigenvalue weighted by Crippen LogP contribution is 2.44. The van der Waals surface area contributed by atoms with Crippen molar-refractivity contribution < 1.29 is 28.7 Å². The van der Waals surface area contributed by atoms with Crippen molar-refractivity contribution in [3.63, 3.8) is 0 Å². The molecule has 0 rings (SSSR count). The van der Waals surface area contributed by atoms with Crippen LogP contribution < -0.4 is 0 Å². The zero-order valence-corrected chi connectivity index (χ0v) is 8.31. The van der Waals surface area contributed by atoms with Gasteiger partial charge in [-0.3, -0.25) is 9.05 Å². The van der Waals surface area contributed by atoms with Crippen molar-refractivity contribution in [2.45, 2.75) is 19.4 Å². The molecule has 0 aromatic rings. The van der Waals surface area contributed by atoms with Crippen LogP contribution in [0.5, 0.6) is 0 Å². The van der Waals surface area contributed by atoms with Crippen LogP contribution in [0.1, 0.15) is 13.3 Å². The Morgan fingerprint density at radius 3 is 2.31 bits per heavy atom. The van der Waals surface area contributed by atoms with Crippen LogP contribution >= 0.6 is 7.82 Å². The Hall–Kier alpha value is 0.0300. The van der Waals surface area contributed by atoms with Gasteiger partial charge in [0.15, 0.2) is 0 Å². The van der Waals surface area contributed by atoms with Gasteiger partial charge in [0.1, 0.15) is 6.10 Å². The lowest BCUT2D eigenvalue weighted by molar-refractivity contribution is 0.0296. The summed E-state index contributed by atoms with van der Waals surface area (Å²) in [5.74, 6) is 0. The molecule has 0 fully saturated rings. The lowest BCUT2D eigenvalue weighted by Crippen LogP contribution is -2.21. The van der Waals surface area contributed by atoms with Crippen molar-refractivity contribution in [3.05, 3.63) is 0 Å². The first-order chi connectivity index (χ1) is 6.05. The second-order valence-corrected chi connectivity index (χ2v) is 3.80. The minimum absolute atomic E-state index is 0.0946. The number of hydrogen-bond donors (Lipinski definition) is 3. The molecule has 0 saturated heterocycles. The van der Waals surface area contributed by atoms with E-state index in [1.165, 1.54) is 0 Å². The van der Waals surface area contributed by atoms with Crippen molar-refractivity contribution in [3.8, 4) is 0 Å². The Balaban J connectivity index is 3.91. The molecule has 13 heavy (non-hydrogen) atoms. The van der Waals surface area contributed by atoms with E-state index in [0.29, 0.717) is 6.42 Å². The second-order valence-electron chi connectivity index (χ2n) is 2.39. The molecular weight excluding hydrogens is 199 g/mol. The first-order valence-electron chi connectivity index (χ1n) is 3.93. The Morgan fingerprint density at radius 2 is 1.92 bits per heavy atom. The molecule has 0 bridgehead atoms. The molecule has 0 aliphatic carbocycles. The first kappa shape index (κ1) is 13.0. The first-order valence-corrected chi connectivity index (χ1v) is 5.42. The minimum atomic E-state index is -4.12. The smallest absolute Gasteiger partial charge is 0.394 e. The normalized spacial score (nSPS) is 16.1. The van der Waals surface area contributed by atoms with E-state index in [1.807, 2.05) is 0 Å². The molecule has 7 heteroatoms. The Kier molecular flexibility index (Phi) is 6.49. The van der Waals surface area contributed by atoms with Gasteiger partial charge in [-0.2, -0.15) is 0 Å². The zero-order valence-electron chi connectivity index (χ0n) is 7.42. The van der Waals surface area contributed by atoms with Gasteiger partial charge in [-0.25, -0.2) is 4.57 Å². The highest BCUT2D eigenvalue weighted by Gasteiger charge is 2.25. The highest BCUT2D eigenvalue weighted by molar-refractivity contribution is 7.47. The molecule has 6 nitrogen and oxygen atoms in total. The largest absolute Gasteiger partial charge is 0.472 e. The lowest BCUT2D eigenvalue weighted by Gasteiger charge is -2.16. The number of rotatable bonds is 7. The van der Waals surface area contributed by atoms with Crippen LogP contribution in [0.15, 0.2) is 0 Å². The topological polar surface area (TPSA) is 96.2 Å². The van der Waals surface area contributed by atoms with Gasteiger partial charge < -0.3 is 15.1 Å². The monoisotopic (exact) mass is 214 g/mol. The standard InChI is InChI=1S/C6H15O6P/c1-2-3-11-13(9,10)12-6(4-7)5-8/h6-8H,2-5H2,1H3,(H,9,10). The molecule has 0 aliphatic rings. The molecule has 1 unspecified atom stereocenters. The Labute approximate surface area is 76.7 Å². The van der Waals surface area contributed by atoms with Crippen LogP contribution in [0, 0.1) is 0 Å². The molecule has 0 radical (unpaired) electrons. The van der Waals surface area contributed by atoms with E-state index in [2.05, 4.69) is 9.05 Å². The summed E-state index contributed by atoms with van der Waals surface area (Å²) in [6, 6.07) is 0. The summed E-state index contributed by atoms with van der Waals surface area (Å²) in [5.41, 5.74) is 0. The molecule has 0 aliphatic heterocycles. The van der Waals surface area contributed by atoms with Gasteiger partial charge in [0, 0.05) is 0 Å². The highest BCUT2D eigenvalue weighted by atomic mass is 31.2. The molecule has 0 amide bonds. The van der Waals surface area contributed by atoms with Crippen molar-refractivity contribution in [2.75, 3.05) is 19.8 Å². The summed E-state index contributed by atoms with van der Waals surface area (Å²) in [7, 11) is -4.12. The lowest BCUT2D eigenvalue weighted by atomic mass is 10.4. The van der Waals surface area contributed by atoms with Crippen LogP contribution in [0.3, 0.4) is 0 Å². The van der Waals surface area contributed by atoms with Crippen LogP contribution in [-0.4, -0.2) is 41.0 Å². The van der Waals surface area contributed by atoms with Crippen molar-refractivity contribution in [1.29, 1.82) is 0 Å². The molecule has 1 atom stereocenters. The summed E-state index contributed by atoms with van der Waals surface area (Å²) in [4.78, 5) is 8.97. The maximum atomic E-state index is 11.0. The zero-order chi connectivity index (χ0) is 10.3. The number of hydrogen-bond acceptors (Lipinski definition) is 5. The Bertz CT molecular complexity index is 169. The molecule has 3 N–H and O–H groups in total. The summed E-state index contributed by atoms with van der Waals surface area (Å²) < 4.78 is 19.9. The maximum Gasteiger partial charge on any atom is 0.472 e. The van der Waals surface area contributed by atoms with Gasteiger partial charge in [-0.05, 0) is 6.42 Å². The fourth-order valence-electron chi connectivity index (χ4n) is 0.550. The van der Waals surface area contributed by atoms with Crippen molar-refractivity contribution in [1.82, 2.24) is 0 Å². The predicted molar refractivity (Wildman–Crippen MR) is 45.1 cm³/mol. The van der Waals surface area contributed by atoms with Gasteiger partial charge in [0.05, 0.1) is 19.8 Å². The Morgan fingerprint density at radius 1 is 1.38 bits per heavy atom. The van der Waals surface area contributed by atoms with Crippen LogP contribution in [-0.2, 0) is 13.6 Å². The second kappa shape index (κ2) is 6.48. The molecule has 0 aromatic heterocycles. The van der Waals surface area contributed by atoms with E-state index in [4.69, 9.17) is 15.1 Å². The third-order valence-corrected chi connectivity index (χ3v) is 2.22. The molecule has 0 spiro atoms. The summed E-state index contributed by atoms with van der Waals surface area (Å²) in [6.45, 7) is 0.806. The van der Waals surface area contributed by atoms with Crippen LogP contribution in [0.4, 0.5) is 0 Å². The van der Waals surface area contributed by atoms with Crippen molar-refractivity contribution >= 4 is 7.82 Å². The van der Waals surface area contributed by atoms with Gasteiger partial charge in [0.2, 0.25) is 0 Å². The predicted octanol–water partition coefficient (Wildman–Crippen LogP) is -0.117. The van der Waals surface area contributed by atoms with Gasteiger partial charge in [-0.15, -0.1) is 0 Å². The van der Waals surface area contributed by atoms with Crippen LogP contribution in [0.25, 0.3) is 0 Å². The van der Waals surface area contributed by atoms with E-state index >= 15 is 0 Å². The fourth-order valence-corrected chi connectivity index (χ4v) is 1.53. The van der Waals surface area contributed by atoms with E-state index in [9.17, 15) is 4.57 Å². The van der Waals surface area contributed by atoms with Crippen molar-refractivity contribution in [2.24, 2.45) is 0 Å². The average Bonchev–Trinajstić information content (AvgIpc) is 2.11. The number of aliphatic hydroxyl groups excluding tert-OH is 2. The molecule has 0 aromatic carbocycles. The maximum absolute atomic E-state index is 11.0.